The fraction of sp³-hybridized carbons (Fsp3) is 0.133. The van der Waals surface area contributed by atoms with Crippen LogP contribution in [0.5, 0.6) is 5.75 Å². The highest BCUT2D eigenvalue weighted by atomic mass is 35.5. The van der Waals surface area contributed by atoms with E-state index in [0.717, 1.165) is 28.3 Å². The molecule has 1 aliphatic heterocycles. The van der Waals surface area contributed by atoms with Crippen LogP contribution in [-0.2, 0) is 6.42 Å². The van der Waals surface area contributed by atoms with Gasteiger partial charge < -0.3 is 10.5 Å². The van der Waals surface area contributed by atoms with Gasteiger partial charge in [-0.1, -0.05) is 29.8 Å². The summed E-state index contributed by atoms with van der Waals surface area (Å²) >= 11 is 6.15. The molecule has 1 heterocycles. The third-order valence-corrected chi connectivity index (χ3v) is 3.66. The Balaban J connectivity index is 1.86. The number of halogens is 1. The standard InChI is InChI=1S/C15H12ClNO2/c16-12-2-1-3-13-11(12)8-14(19-13)9-4-6-10(7-5-9)15(17)18/h1-7,14H,8H2,(H2,17,18). The number of rotatable bonds is 2. The van der Waals surface area contributed by atoms with Crippen molar-refractivity contribution in [3.8, 4) is 5.75 Å². The van der Waals surface area contributed by atoms with Crippen molar-refractivity contribution in [3.63, 3.8) is 0 Å². The first-order chi connectivity index (χ1) is 9.15. The normalized spacial score (nSPS) is 16.8. The molecule has 2 aromatic rings. The molecule has 0 saturated heterocycles. The van der Waals surface area contributed by atoms with Gasteiger partial charge in [-0.2, -0.15) is 0 Å². The Bertz CT molecular complexity index is 637. The summed E-state index contributed by atoms with van der Waals surface area (Å²) in [5.74, 6) is 0.404. The second kappa shape index (κ2) is 4.59. The first kappa shape index (κ1) is 12.1. The number of fused-ring (bicyclic) bond motifs is 1. The lowest BCUT2D eigenvalue weighted by Crippen LogP contribution is -2.11. The van der Waals surface area contributed by atoms with Gasteiger partial charge in [-0.25, -0.2) is 0 Å². The Labute approximate surface area is 115 Å². The van der Waals surface area contributed by atoms with Gasteiger partial charge in [-0.05, 0) is 29.8 Å². The molecule has 1 aliphatic rings. The van der Waals surface area contributed by atoms with E-state index in [2.05, 4.69) is 0 Å². The number of hydrogen-bond acceptors (Lipinski definition) is 2. The van der Waals surface area contributed by atoms with E-state index in [1.165, 1.54) is 0 Å². The van der Waals surface area contributed by atoms with Gasteiger partial charge >= 0.3 is 0 Å². The van der Waals surface area contributed by atoms with Gasteiger partial charge in [0.25, 0.3) is 0 Å². The van der Waals surface area contributed by atoms with Crippen LogP contribution in [0.2, 0.25) is 5.02 Å². The molecule has 0 aromatic heterocycles. The van der Waals surface area contributed by atoms with E-state index in [1.807, 2.05) is 30.3 Å². The Hall–Kier alpha value is -2.00. The molecular formula is C15H12ClNO2. The summed E-state index contributed by atoms with van der Waals surface area (Å²) in [5, 5.41) is 0.730. The van der Waals surface area contributed by atoms with E-state index in [0.29, 0.717) is 5.56 Å². The van der Waals surface area contributed by atoms with Crippen LogP contribution in [0, 0.1) is 0 Å². The Morgan fingerprint density at radius 1 is 1.21 bits per heavy atom. The SMILES string of the molecule is NC(=O)c1ccc(C2Cc3c(Cl)cccc3O2)cc1. The number of primary amides is 1. The molecule has 0 bridgehead atoms. The predicted molar refractivity (Wildman–Crippen MR) is 73.5 cm³/mol. The second-order valence-corrected chi connectivity index (χ2v) is 4.92. The minimum absolute atomic E-state index is 0.0585. The fourth-order valence-corrected chi connectivity index (χ4v) is 2.52. The third kappa shape index (κ3) is 2.17. The van der Waals surface area contributed by atoms with Crippen LogP contribution in [-0.4, -0.2) is 5.91 Å². The van der Waals surface area contributed by atoms with Gasteiger partial charge in [-0.3, -0.25) is 4.79 Å². The summed E-state index contributed by atoms with van der Waals surface area (Å²) in [4.78, 5) is 11.0. The summed E-state index contributed by atoms with van der Waals surface area (Å²) in [7, 11) is 0. The number of ether oxygens (including phenoxy) is 1. The molecule has 1 amide bonds. The highest BCUT2D eigenvalue weighted by molar-refractivity contribution is 6.31. The predicted octanol–water partition coefficient (Wildman–Crippen LogP) is 3.12. The van der Waals surface area contributed by atoms with Crippen molar-refractivity contribution in [2.24, 2.45) is 5.73 Å². The van der Waals surface area contributed by atoms with Gasteiger partial charge in [0.1, 0.15) is 11.9 Å². The van der Waals surface area contributed by atoms with Gasteiger partial charge in [0.15, 0.2) is 0 Å². The molecule has 0 saturated carbocycles. The molecule has 1 unspecified atom stereocenters. The minimum atomic E-state index is -0.426. The summed E-state index contributed by atoms with van der Waals surface area (Å²) in [6.07, 6.45) is 0.683. The first-order valence-corrected chi connectivity index (χ1v) is 6.37. The van der Waals surface area contributed by atoms with Crippen molar-refractivity contribution in [2.75, 3.05) is 0 Å². The zero-order valence-electron chi connectivity index (χ0n) is 10.1. The highest BCUT2D eigenvalue weighted by Gasteiger charge is 2.26. The van der Waals surface area contributed by atoms with Crippen LogP contribution in [0.1, 0.15) is 27.6 Å². The number of nitrogens with two attached hydrogens (primary N) is 1. The third-order valence-electron chi connectivity index (χ3n) is 3.30. The van der Waals surface area contributed by atoms with E-state index < -0.39 is 5.91 Å². The summed E-state index contributed by atoms with van der Waals surface area (Å²) in [6.45, 7) is 0. The summed E-state index contributed by atoms with van der Waals surface area (Å²) < 4.78 is 5.87. The van der Waals surface area contributed by atoms with Crippen LogP contribution in [0.4, 0.5) is 0 Å². The zero-order chi connectivity index (χ0) is 13.4. The van der Waals surface area contributed by atoms with Crippen molar-refractivity contribution in [1.82, 2.24) is 0 Å². The van der Waals surface area contributed by atoms with Crippen LogP contribution >= 0.6 is 11.6 Å². The molecule has 0 fully saturated rings. The lowest BCUT2D eigenvalue weighted by Gasteiger charge is -2.11. The van der Waals surface area contributed by atoms with E-state index >= 15 is 0 Å². The maximum Gasteiger partial charge on any atom is 0.248 e. The van der Waals surface area contributed by atoms with E-state index in [9.17, 15) is 4.79 Å². The number of carbonyl (C=O) groups is 1. The van der Waals surface area contributed by atoms with E-state index in [1.54, 1.807) is 12.1 Å². The Morgan fingerprint density at radius 2 is 1.95 bits per heavy atom. The van der Waals surface area contributed by atoms with E-state index in [4.69, 9.17) is 22.1 Å². The van der Waals surface area contributed by atoms with Gasteiger partial charge in [-0.15, -0.1) is 0 Å². The topological polar surface area (TPSA) is 52.3 Å². The highest BCUT2D eigenvalue weighted by Crippen LogP contribution is 2.40. The lowest BCUT2D eigenvalue weighted by molar-refractivity contribution is 0.1000. The van der Waals surface area contributed by atoms with Crippen molar-refractivity contribution in [1.29, 1.82) is 0 Å². The summed E-state index contributed by atoms with van der Waals surface area (Å²) in [5.41, 5.74) is 7.76. The minimum Gasteiger partial charge on any atom is -0.485 e. The quantitative estimate of drug-likeness (QED) is 0.914. The van der Waals surface area contributed by atoms with Gasteiger partial charge in [0.05, 0.1) is 0 Å². The van der Waals surface area contributed by atoms with Crippen LogP contribution in [0.15, 0.2) is 42.5 Å². The maximum atomic E-state index is 11.0. The zero-order valence-corrected chi connectivity index (χ0v) is 10.9. The molecule has 1 atom stereocenters. The molecule has 96 valence electrons. The average Bonchev–Trinajstić information content (AvgIpc) is 2.84. The van der Waals surface area contributed by atoms with Gasteiger partial charge in [0, 0.05) is 22.6 Å². The Morgan fingerprint density at radius 3 is 2.58 bits per heavy atom. The maximum absolute atomic E-state index is 11.0. The fourth-order valence-electron chi connectivity index (χ4n) is 2.28. The molecule has 2 N–H and O–H groups in total. The average molecular weight is 274 g/mol. The van der Waals surface area contributed by atoms with E-state index in [-0.39, 0.29) is 6.10 Å². The van der Waals surface area contributed by atoms with Crippen molar-refractivity contribution in [3.05, 3.63) is 64.2 Å². The molecule has 0 spiro atoms. The molecule has 3 rings (SSSR count). The summed E-state index contributed by atoms with van der Waals surface area (Å²) in [6, 6.07) is 12.8. The smallest absolute Gasteiger partial charge is 0.248 e. The number of amides is 1. The molecule has 3 nitrogen and oxygen atoms in total. The molecule has 2 aromatic carbocycles. The second-order valence-electron chi connectivity index (χ2n) is 4.51. The van der Waals surface area contributed by atoms with Crippen LogP contribution < -0.4 is 10.5 Å². The number of carbonyl (C=O) groups excluding carboxylic acids is 1. The molecule has 0 radical (unpaired) electrons. The van der Waals surface area contributed by atoms with Crippen molar-refractivity contribution in [2.45, 2.75) is 12.5 Å². The number of benzene rings is 2. The molecule has 4 heteroatoms. The lowest BCUT2D eigenvalue weighted by atomic mass is 10.0. The first-order valence-electron chi connectivity index (χ1n) is 5.99. The molecule has 19 heavy (non-hydrogen) atoms. The Kier molecular flexibility index (Phi) is 2.91. The monoisotopic (exact) mass is 273 g/mol. The van der Waals surface area contributed by atoms with Crippen LogP contribution in [0.25, 0.3) is 0 Å². The van der Waals surface area contributed by atoms with Crippen LogP contribution in [0.3, 0.4) is 0 Å². The largest absolute Gasteiger partial charge is 0.485 e. The van der Waals surface area contributed by atoms with Crippen molar-refractivity contribution < 1.29 is 9.53 Å². The van der Waals surface area contributed by atoms with Crippen molar-refractivity contribution >= 4 is 17.5 Å². The van der Waals surface area contributed by atoms with Gasteiger partial charge in [0.2, 0.25) is 5.91 Å². The molecular weight excluding hydrogens is 262 g/mol. The molecule has 0 aliphatic carbocycles. The number of hydrogen-bond donors (Lipinski definition) is 1.